The van der Waals surface area contributed by atoms with Crippen molar-refractivity contribution < 1.29 is 13.2 Å². The molecule has 5 atom stereocenters. The van der Waals surface area contributed by atoms with Gasteiger partial charge in [-0.25, -0.2) is 19.3 Å². The number of halogens is 1. The summed E-state index contributed by atoms with van der Waals surface area (Å²) in [6, 6.07) is -0.405. The van der Waals surface area contributed by atoms with E-state index in [0.29, 0.717) is 23.6 Å². The predicted octanol–water partition coefficient (Wildman–Crippen LogP) is 5.72. The number of rotatable bonds is 6. The summed E-state index contributed by atoms with van der Waals surface area (Å²) in [5, 5.41) is 0.0754. The van der Waals surface area contributed by atoms with Crippen LogP contribution in [-0.4, -0.2) is 55.0 Å². The molecule has 1 unspecified atom stereocenters. The number of anilines is 1. The normalized spacial score (nSPS) is 30.1. The van der Waals surface area contributed by atoms with Crippen LogP contribution >= 0.6 is 0 Å². The summed E-state index contributed by atoms with van der Waals surface area (Å²) in [7, 11) is -4.22. The first-order chi connectivity index (χ1) is 15.4. The molecule has 0 saturated heterocycles. The van der Waals surface area contributed by atoms with Gasteiger partial charge in [0.1, 0.15) is 18.0 Å². The Balaban J connectivity index is 1.72. The first kappa shape index (κ1) is 25.7. The van der Waals surface area contributed by atoms with Crippen LogP contribution in [0, 0.1) is 11.3 Å². The molecule has 2 aliphatic carbocycles. The molecule has 10 heteroatoms. The lowest BCUT2D eigenvalue weighted by atomic mass is 10.0. The minimum Gasteiger partial charge on any atom is -0.416 e. The van der Waals surface area contributed by atoms with Crippen molar-refractivity contribution >= 4 is 33.6 Å². The lowest BCUT2D eigenvalue weighted by molar-refractivity contribution is 0.0205. The average Bonchev–Trinajstić information content (AvgIpc) is 3.16. The van der Waals surface area contributed by atoms with Gasteiger partial charge in [0.2, 0.25) is 0 Å². The molecular formula is C24H42FN5O2Si2. The Morgan fingerprint density at radius 3 is 2.26 bits per heavy atom. The maximum absolute atomic E-state index is 16.5. The van der Waals surface area contributed by atoms with Gasteiger partial charge in [0.15, 0.2) is 28.1 Å². The van der Waals surface area contributed by atoms with Crippen LogP contribution in [0.25, 0.3) is 11.2 Å². The Morgan fingerprint density at radius 1 is 1.06 bits per heavy atom. The monoisotopic (exact) mass is 507 g/mol. The van der Waals surface area contributed by atoms with Crippen molar-refractivity contribution in [2.24, 2.45) is 11.3 Å². The summed E-state index contributed by atoms with van der Waals surface area (Å²) in [5.74, 6) is 0.421. The predicted molar refractivity (Wildman–Crippen MR) is 139 cm³/mol. The summed E-state index contributed by atoms with van der Waals surface area (Å²) < 4.78 is 31.9. The first-order valence-electron chi connectivity index (χ1n) is 12.3. The van der Waals surface area contributed by atoms with Gasteiger partial charge >= 0.3 is 0 Å². The lowest BCUT2D eigenvalue weighted by Crippen LogP contribution is -2.50. The Hall–Kier alpha value is -1.37. The third kappa shape index (κ3) is 3.94. The van der Waals surface area contributed by atoms with Gasteiger partial charge in [-0.3, -0.25) is 0 Å². The summed E-state index contributed by atoms with van der Waals surface area (Å²) in [5.41, 5.74) is 6.79. The first-order valence-corrected chi connectivity index (χ1v) is 18.1. The van der Waals surface area contributed by atoms with Gasteiger partial charge in [0.05, 0.1) is 18.5 Å². The van der Waals surface area contributed by atoms with Gasteiger partial charge < -0.3 is 19.2 Å². The molecule has 2 saturated carbocycles. The minimum atomic E-state index is -2.22. The van der Waals surface area contributed by atoms with Crippen LogP contribution in [0.3, 0.4) is 0 Å². The molecule has 2 heterocycles. The van der Waals surface area contributed by atoms with Crippen LogP contribution < -0.4 is 5.73 Å². The van der Waals surface area contributed by atoms with Crippen LogP contribution in [0.2, 0.25) is 36.3 Å². The lowest BCUT2D eigenvalue weighted by Gasteiger charge is -2.43. The van der Waals surface area contributed by atoms with Crippen LogP contribution in [0.1, 0.15) is 54.0 Å². The third-order valence-electron chi connectivity index (χ3n) is 9.22. The van der Waals surface area contributed by atoms with E-state index >= 15 is 4.39 Å². The molecule has 2 fully saturated rings. The molecule has 4 rings (SSSR count). The molecule has 0 aliphatic heterocycles. The minimum absolute atomic E-state index is 0.0138. The largest absolute Gasteiger partial charge is 0.416 e. The van der Waals surface area contributed by atoms with Gasteiger partial charge in [-0.1, -0.05) is 41.5 Å². The summed E-state index contributed by atoms with van der Waals surface area (Å²) in [6.45, 7) is 22.8. The number of aromatic nitrogens is 4. The van der Waals surface area contributed by atoms with Crippen LogP contribution in [0.5, 0.6) is 0 Å². The Kier molecular flexibility index (Phi) is 5.91. The molecule has 0 amide bonds. The third-order valence-corrected chi connectivity index (χ3v) is 18.2. The number of imidazole rings is 1. The molecule has 0 aromatic carbocycles. The Labute approximate surface area is 205 Å². The maximum Gasteiger partial charge on any atom is 0.192 e. The zero-order valence-corrected chi connectivity index (χ0v) is 24.4. The number of fused-ring (bicyclic) bond motifs is 2. The fourth-order valence-corrected chi connectivity index (χ4v) is 7.16. The van der Waals surface area contributed by atoms with Crippen molar-refractivity contribution in [2.45, 2.75) is 103 Å². The van der Waals surface area contributed by atoms with E-state index in [4.69, 9.17) is 14.6 Å². The quantitative estimate of drug-likeness (QED) is 0.503. The van der Waals surface area contributed by atoms with Gasteiger partial charge in [-0.05, 0) is 48.6 Å². The highest BCUT2D eigenvalue weighted by molar-refractivity contribution is 6.74. The van der Waals surface area contributed by atoms with Crippen LogP contribution in [0.15, 0.2) is 12.7 Å². The van der Waals surface area contributed by atoms with E-state index in [9.17, 15) is 0 Å². The van der Waals surface area contributed by atoms with Crippen molar-refractivity contribution in [3.05, 3.63) is 12.7 Å². The number of hydrogen-bond acceptors (Lipinski definition) is 6. The standard InChI is InChI=1S/C24H42FN5O2Si2/c1-22(2,3)33(7,8)31-12-24-11-15(24)18(16(25)19(24)32-34(9,10)23(4,5)6)30-14-29-17-20(26)27-13-28-21(17)30/h13-16,18-19H,11-12H2,1-10H3,(H2,26,27,28)/t15-,16+,18-,19?,24+/m1/s1. The van der Waals surface area contributed by atoms with E-state index in [0.717, 1.165) is 6.42 Å². The van der Waals surface area contributed by atoms with Crippen LogP contribution in [-0.2, 0) is 8.85 Å². The second kappa shape index (κ2) is 7.81. The zero-order chi connectivity index (χ0) is 25.5. The van der Waals surface area contributed by atoms with Crippen molar-refractivity contribution in [1.82, 2.24) is 19.5 Å². The number of nitrogens with two attached hydrogens (primary N) is 1. The Morgan fingerprint density at radius 2 is 1.68 bits per heavy atom. The molecule has 7 nitrogen and oxygen atoms in total. The highest BCUT2D eigenvalue weighted by Crippen LogP contribution is 2.70. The Bertz CT molecular complexity index is 1080. The number of alkyl halides is 1. The number of nitrogens with zero attached hydrogens (tertiary/aromatic N) is 4. The van der Waals surface area contributed by atoms with Crippen molar-refractivity contribution in [2.75, 3.05) is 12.3 Å². The maximum atomic E-state index is 16.5. The van der Waals surface area contributed by atoms with Gasteiger partial charge in [-0.2, -0.15) is 0 Å². The van der Waals surface area contributed by atoms with Gasteiger partial charge in [0.25, 0.3) is 0 Å². The second-order valence-corrected chi connectivity index (χ2v) is 23.0. The summed E-state index contributed by atoms with van der Waals surface area (Å²) in [6.07, 6.45) is 2.28. The van der Waals surface area contributed by atoms with Crippen molar-refractivity contribution in [1.29, 1.82) is 0 Å². The molecule has 190 valence electrons. The van der Waals surface area contributed by atoms with E-state index in [-0.39, 0.29) is 21.4 Å². The summed E-state index contributed by atoms with van der Waals surface area (Å²) in [4.78, 5) is 12.9. The highest BCUT2D eigenvalue weighted by Gasteiger charge is 2.74. The topological polar surface area (TPSA) is 88.1 Å². The van der Waals surface area contributed by atoms with Gasteiger partial charge in [-0.15, -0.1) is 0 Å². The molecule has 0 spiro atoms. The molecular weight excluding hydrogens is 465 g/mol. The molecule has 2 aromatic heterocycles. The number of hydrogen-bond donors (Lipinski definition) is 1. The van der Waals surface area contributed by atoms with E-state index < -0.39 is 35.0 Å². The van der Waals surface area contributed by atoms with Crippen molar-refractivity contribution in [3.63, 3.8) is 0 Å². The summed E-state index contributed by atoms with van der Waals surface area (Å²) >= 11 is 0. The van der Waals surface area contributed by atoms with Crippen molar-refractivity contribution in [3.8, 4) is 0 Å². The second-order valence-electron chi connectivity index (χ2n) is 13.4. The molecule has 0 radical (unpaired) electrons. The van der Waals surface area contributed by atoms with Gasteiger partial charge in [0, 0.05) is 12.0 Å². The molecule has 2 aromatic rings. The van der Waals surface area contributed by atoms with E-state index in [1.807, 2.05) is 4.57 Å². The molecule has 2 N–H and O–H groups in total. The highest BCUT2D eigenvalue weighted by atomic mass is 28.4. The number of nitrogen functional groups attached to an aromatic ring is 1. The molecule has 2 aliphatic rings. The van der Waals surface area contributed by atoms with Crippen LogP contribution in [0.4, 0.5) is 10.2 Å². The van der Waals surface area contributed by atoms with E-state index in [2.05, 4.69) is 82.7 Å². The average molecular weight is 508 g/mol. The zero-order valence-electron chi connectivity index (χ0n) is 22.4. The fraction of sp³-hybridized carbons (Fsp3) is 0.792. The SMILES string of the molecule is CC(C)(C)[Si](C)(C)OC[C@@]12C[C@@H]1[C@@H](n1cnc3c(N)ncnc31)[C@H](F)C2O[Si](C)(C)C(C)(C)C. The smallest absolute Gasteiger partial charge is 0.192 e. The van der Waals surface area contributed by atoms with E-state index in [1.165, 1.54) is 6.33 Å². The fourth-order valence-electron chi connectivity index (χ4n) is 4.75. The molecule has 0 bridgehead atoms. The molecule has 34 heavy (non-hydrogen) atoms. The van der Waals surface area contributed by atoms with E-state index in [1.54, 1.807) is 6.33 Å².